The minimum Gasteiger partial charge on any atom is -0.260 e. The summed E-state index contributed by atoms with van der Waals surface area (Å²) in [6.45, 7) is 4.11. The Kier molecular flexibility index (Phi) is 4.68. The molecule has 0 bridgehead atoms. The molecule has 4 aliphatic rings. The number of alkyl halides is 5. The Morgan fingerprint density at radius 1 is 0.871 bits per heavy atom. The summed E-state index contributed by atoms with van der Waals surface area (Å²) in [5.41, 5.74) is -3.29. The Hall–Kier alpha value is -1.14. The van der Waals surface area contributed by atoms with E-state index in [4.69, 9.17) is 0 Å². The van der Waals surface area contributed by atoms with Crippen LogP contribution in [0.2, 0.25) is 0 Å². The molecule has 0 amide bonds. The van der Waals surface area contributed by atoms with Gasteiger partial charge in [-0.3, -0.25) is 4.68 Å². The predicted octanol–water partition coefficient (Wildman–Crippen LogP) is 7.21. The summed E-state index contributed by atoms with van der Waals surface area (Å²) in [6, 6.07) is 1.46. The monoisotopic (exact) mass is 444 g/mol. The number of hydrogen-bond donors (Lipinski definition) is 0. The number of aromatic nitrogens is 2. The van der Waals surface area contributed by atoms with Crippen molar-refractivity contribution in [3.05, 3.63) is 18.5 Å². The molecule has 0 saturated heterocycles. The van der Waals surface area contributed by atoms with Crippen LogP contribution in [0.1, 0.15) is 78.1 Å². The Morgan fingerprint density at radius 2 is 1.61 bits per heavy atom. The maximum Gasteiger partial charge on any atom is 0.455 e. The average Bonchev–Trinajstić information content (AvgIpc) is 3.32. The van der Waals surface area contributed by atoms with Crippen molar-refractivity contribution in [1.82, 2.24) is 9.78 Å². The van der Waals surface area contributed by atoms with Gasteiger partial charge in [-0.25, -0.2) is 0 Å². The summed E-state index contributed by atoms with van der Waals surface area (Å²) in [7, 11) is 0. The second-order valence-electron chi connectivity index (χ2n) is 11.3. The highest BCUT2D eigenvalue weighted by Crippen LogP contribution is 2.73. The summed E-state index contributed by atoms with van der Waals surface area (Å²) in [4.78, 5) is 0. The molecule has 0 aromatic carbocycles. The van der Waals surface area contributed by atoms with E-state index >= 15 is 8.78 Å². The third-order valence-electron chi connectivity index (χ3n) is 10.5. The molecule has 31 heavy (non-hydrogen) atoms. The average molecular weight is 445 g/mol. The van der Waals surface area contributed by atoms with Crippen LogP contribution in [0.3, 0.4) is 0 Å². The second kappa shape index (κ2) is 6.69. The van der Waals surface area contributed by atoms with Gasteiger partial charge in [0, 0.05) is 17.8 Å². The van der Waals surface area contributed by atoms with Crippen molar-refractivity contribution in [2.45, 2.75) is 95.7 Å². The van der Waals surface area contributed by atoms with Crippen LogP contribution in [0.4, 0.5) is 22.0 Å². The SMILES string of the molecule is C[C@]12CCCCC1CC[C@@H]1[C@H]2CC[C@@]2(C)[C@H]1CCC2(n1cccn1)C(F)(F)C(F)(F)F. The van der Waals surface area contributed by atoms with E-state index in [1.807, 2.05) is 0 Å². The Balaban J connectivity index is 1.59. The van der Waals surface area contributed by atoms with Crippen LogP contribution in [-0.4, -0.2) is 21.9 Å². The van der Waals surface area contributed by atoms with E-state index in [1.54, 1.807) is 6.92 Å². The van der Waals surface area contributed by atoms with Gasteiger partial charge < -0.3 is 0 Å². The molecular formula is C24H33F5N2. The third-order valence-corrected chi connectivity index (χ3v) is 10.5. The van der Waals surface area contributed by atoms with Gasteiger partial charge in [0.2, 0.25) is 0 Å². The van der Waals surface area contributed by atoms with E-state index in [-0.39, 0.29) is 23.7 Å². The Morgan fingerprint density at radius 3 is 2.29 bits per heavy atom. The summed E-state index contributed by atoms with van der Waals surface area (Å²) >= 11 is 0. The van der Waals surface area contributed by atoms with Crippen molar-refractivity contribution in [3.63, 3.8) is 0 Å². The molecule has 4 aliphatic carbocycles. The van der Waals surface area contributed by atoms with E-state index < -0.39 is 23.1 Å². The quantitative estimate of drug-likeness (QED) is 0.441. The van der Waals surface area contributed by atoms with Crippen LogP contribution in [-0.2, 0) is 5.54 Å². The minimum atomic E-state index is -5.61. The lowest BCUT2D eigenvalue weighted by Crippen LogP contribution is -2.66. The maximum absolute atomic E-state index is 15.5. The van der Waals surface area contributed by atoms with Gasteiger partial charge >= 0.3 is 12.1 Å². The van der Waals surface area contributed by atoms with Gasteiger partial charge in [0.15, 0.2) is 0 Å². The number of nitrogens with zero attached hydrogens (tertiary/aromatic N) is 2. The van der Waals surface area contributed by atoms with Crippen LogP contribution in [0.5, 0.6) is 0 Å². The smallest absolute Gasteiger partial charge is 0.260 e. The highest BCUT2D eigenvalue weighted by Gasteiger charge is 2.80. The van der Waals surface area contributed by atoms with Gasteiger partial charge in [-0.05, 0) is 86.5 Å². The molecule has 1 aromatic heterocycles. The van der Waals surface area contributed by atoms with Gasteiger partial charge in [-0.15, -0.1) is 0 Å². The molecule has 174 valence electrons. The zero-order chi connectivity index (χ0) is 22.3. The number of hydrogen-bond acceptors (Lipinski definition) is 1. The topological polar surface area (TPSA) is 17.8 Å². The highest BCUT2D eigenvalue weighted by molar-refractivity contribution is 5.20. The molecule has 0 radical (unpaired) electrons. The van der Waals surface area contributed by atoms with Crippen LogP contribution in [0.15, 0.2) is 18.5 Å². The molecule has 1 aromatic rings. The van der Waals surface area contributed by atoms with Crippen molar-refractivity contribution < 1.29 is 22.0 Å². The summed E-state index contributed by atoms with van der Waals surface area (Å²) < 4.78 is 73.5. The zero-order valence-corrected chi connectivity index (χ0v) is 18.4. The molecule has 0 N–H and O–H groups in total. The van der Waals surface area contributed by atoms with E-state index in [0.29, 0.717) is 24.7 Å². The zero-order valence-electron chi connectivity index (χ0n) is 18.4. The molecule has 2 unspecified atom stereocenters. The van der Waals surface area contributed by atoms with Crippen LogP contribution >= 0.6 is 0 Å². The first-order chi connectivity index (χ1) is 14.5. The van der Waals surface area contributed by atoms with Gasteiger partial charge in [0.05, 0.1) is 0 Å². The lowest BCUT2D eigenvalue weighted by molar-refractivity contribution is -0.342. The summed E-state index contributed by atoms with van der Waals surface area (Å²) in [6.07, 6.45) is 5.39. The standard InChI is InChI=1S/C24H33F5N2/c1-20-11-4-3-6-16(20)7-8-17-18(20)9-12-21(2)19(17)10-13-22(21,31-15-5-14-30-31)23(25,26)24(27,28)29/h5,14-19H,3-4,6-13H2,1-2H3/t16?,17-,18-,19+,20+,21+,22?/m1/s1. The lowest BCUT2D eigenvalue weighted by Gasteiger charge is -2.62. The maximum atomic E-state index is 15.5. The number of rotatable bonds is 2. The molecule has 2 nitrogen and oxygen atoms in total. The van der Waals surface area contributed by atoms with Gasteiger partial charge in [0.25, 0.3) is 0 Å². The fourth-order valence-electron chi connectivity index (χ4n) is 9.08. The van der Waals surface area contributed by atoms with Crippen molar-refractivity contribution in [2.75, 3.05) is 0 Å². The molecule has 0 spiro atoms. The highest BCUT2D eigenvalue weighted by atomic mass is 19.4. The largest absolute Gasteiger partial charge is 0.455 e. The van der Waals surface area contributed by atoms with Gasteiger partial charge in [-0.2, -0.15) is 27.1 Å². The van der Waals surface area contributed by atoms with Crippen LogP contribution in [0, 0.1) is 34.5 Å². The van der Waals surface area contributed by atoms with Gasteiger partial charge in [0.1, 0.15) is 5.54 Å². The first-order valence-electron chi connectivity index (χ1n) is 11.9. The summed E-state index contributed by atoms with van der Waals surface area (Å²) in [5, 5.41) is 4.01. The van der Waals surface area contributed by atoms with Crippen molar-refractivity contribution in [1.29, 1.82) is 0 Å². The molecule has 4 fully saturated rings. The molecule has 5 rings (SSSR count). The molecule has 7 heteroatoms. The minimum absolute atomic E-state index is 0.122. The first kappa shape index (κ1) is 21.7. The molecular weight excluding hydrogens is 411 g/mol. The predicted molar refractivity (Wildman–Crippen MR) is 108 cm³/mol. The fraction of sp³-hybridized carbons (Fsp3) is 0.875. The normalized spacial score (nSPS) is 45.6. The molecule has 1 heterocycles. The van der Waals surface area contributed by atoms with E-state index in [0.717, 1.165) is 23.9 Å². The fourth-order valence-corrected chi connectivity index (χ4v) is 9.08. The van der Waals surface area contributed by atoms with E-state index in [9.17, 15) is 13.2 Å². The Bertz CT molecular complexity index is 820. The van der Waals surface area contributed by atoms with Crippen LogP contribution in [0.25, 0.3) is 0 Å². The van der Waals surface area contributed by atoms with Crippen molar-refractivity contribution in [3.8, 4) is 0 Å². The van der Waals surface area contributed by atoms with Gasteiger partial charge in [-0.1, -0.05) is 26.7 Å². The van der Waals surface area contributed by atoms with Crippen LogP contribution < -0.4 is 0 Å². The lowest BCUT2D eigenvalue weighted by atomic mass is 9.44. The first-order valence-corrected chi connectivity index (χ1v) is 11.9. The van der Waals surface area contributed by atoms with E-state index in [1.165, 1.54) is 44.1 Å². The second-order valence-corrected chi connectivity index (χ2v) is 11.3. The third kappa shape index (κ3) is 2.58. The molecule has 4 saturated carbocycles. The number of halogens is 5. The number of fused-ring (bicyclic) bond motifs is 5. The van der Waals surface area contributed by atoms with E-state index in [2.05, 4.69) is 12.0 Å². The van der Waals surface area contributed by atoms with Crippen molar-refractivity contribution >= 4 is 0 Å². The molecule has 0 aliphatic heterocycles. The Labute approximate surface area is 181 Å². The molecule has 7 atom stereocenters. The summed E-state index contributed by atoms with van der Waals surface area (Å²) in [5.74, 6) is -3.60. The van der Waals surface area contributed by atoms with Crippen molar-refractivity contribution in [2.24, 2.45) is 34.5 Å².